The molecule has 1 unspecified atom stereocenters. The average Bonchev–Trinajstić information content (AvgIpc) is 3.23. The number of ether oxygens (including phenoxy) is 1. The topological polar surface area (TPSA) is 126 Å². The Morgan fingerprint density at radius 3 is 2.82 bits per heavy atom. The maximum absolute atomic E-state index is 12.6. The van der Waals surface area contributed by atoms with Crippen molar-refractivity contribution < 1.29 is 24.2 Å². The largest absolute Gasteiger partial charge is 0.507 e. The van der Waals surface area contributed by atoms with Gasteiger partial charge in [0.2, 0.25) is 5.91 Å². The number of phenolic OH excluding ortho intramolecular Hbond substituents is 1. The number of aryl methyl sites for hydroxylation is 1. The van der Waals surface area contributed by atoms with Crippen molar-refractivity contribution in [3.63, 3.8) is 0 Å². The number of benzene rings is 1. The molecule has 28 heavy (non-hydrogen) atoms. The zero-order valence-electron chi connectivity index (χ0n) is 15.5. The van der Waals surface area contributed by atoms with E-state index in [1.807, 2.05) is 0 Å². The molecule has 1 saturated heterocycles. The van der Waals surface area contributed by atoms with Gasteiger partial charge in [0, 0.05) is 38.7 Å². The van der Waals surface area contributed by atoms with Gasteiger partial charge in [-0.05, 0) is 24.6 Å². The predicted molar refractivity (Wildman–Crippen MR) is 100 cm³/mol. The molecule has 1 aliphatic heterocycles. The summed E-state index contributed by atoms with van der Waals surface area (Å²) < 4.78 is 6.33. The van der Waals surface area contributed by atoms with Gasteiger partial charge in [-0.1, -0.05) is 0 Å². The first-order valence-corrected chi connectivity index (χ1v) is 8.62. The SMILES string of the molecule is COCC(=O)Nc1ccc(O)c(C(=O)NC2CCN(c3ccn(C)n3)C2=O)c1. The van der Waals surface area contributed by atoms with Gasteiger partial charge in [0.15, 0.2) is 5.82 Å². The van der Waals surface area contributed by atoms with Crippen LogP contribution >= 0.6 is 0 Å². The van der Waals surface area contributed by atoms with E-state index in [1.54, 1.807) is 24.0 Å². The van der Waals surface area contributed by atoms with E-state index in [1.165, 1.54) is 30.2 Å². The quantitative estimate of drug-likeness (QED) is 0.610. The Kier molecular flexibility index (Phi) is 5.59. The van der Waals surface area contributed by atoms with Gasteiger partial charge < -0.3 is 20.5 Å². The summed E-state index contributed by atoms with van der Waals surface area (Å²) in [6.07, 6.45) is 2.15. The Bertz CT molecular complexity index is 910. The Morgan fingerprint density at radius 2 is 2.14 bits per heavy atom. The molecular weight excluding hydrogens is 366 g/mol. The van der Waals surface area contributed by atoms with Crippen LogP contribution in [0.15, 0.2) is 30.5 Å². The first kappa shape index (κ1) is 19.4. The van der Waals surface area contributed by atoms with Crippen LogP contribution in [0.4, 0.5) is 11.5 Å². The highest BCUT2D eigenvalue weighted by Crippen LogP contribution is 2.23. The number of nitrogens with one attached hydrogen (secondary N) is 2. The van der Waals surface area contributed by atoms with E-state index in [-0.39, 0.29) is 23.8 Å². The van der Waals surface area contributed by atoms with E-state index in [0.29, 0.717) is 24.5 Å². The van der Waals surface area contributed by atoms with Crippen LogP contribution in [-0.2, 0) is 21.4 Å². The maximum atomic E-state index is 12.6. The predicted octanol–water partition coefficient (Wildman–Crippen LogP) is 0.246. The van der Waals surface area contributed by atoms with Crippen molar-refractivity contribution >= 4 is 29.2 Å². The number of carbonyl (C=O) groups is 3. The first-order chi connectivity index (χ1) is 13.4. The summed E-state index contributed by atoms with van der Waals surface area (Å²) in [4.78, 5) is 38.3. The number of anilines is 2. The van der Waals surface area contributed by atoms with Crippen molar-refractivity contribution in [1.82, 2.24) is 15.1 Å². The molecule has 1 atom stereocenters. The number of hydrogen-bond donors (Lipinski definition) is 3. The normalized spacial score (nSPS) is 16.3. The number of carbonyl (C=O) groups excluding carboxylic acids is 3. The zero-order chi connectivity index (χ0) is 20.3. The summed E-state index contributed by atoms with van der Waals surface area (Å²) in [5.74, 6) is -1.00. The Labute approximate surface area is 161 Å². The molecule has 1 aliphatic rings. The molecule has 3 rings (SSSR count). The number of methoxy groups -OCH3 is 1. The molecule has 1 aromatic carbocycles. The second-order valence-corrected chi connectivity index (χ2v) is 6.37. The molecule has 10 heteroatoms. The number of nitrogens with zero attached hydrogens (tertiary/aromatic N) is 3. The van der Waals surface area contributed by atoms with Crippen molar-refractivity contribution in [3.05, 3.63) is 36.0 Å². The van der Waals surface area contributed by atoms with E-state index in [2.05, 4.69) is 15.7 Å². The van der Waals surface area contributed by atoms with Crippen molar-refractivity contribution in [3.8, 4) is 5.75 Å². The van der Waals surface area contributed by atoms with Gasteiger partial charge in [-0.15, -0.1) is 0 Å². The smallest absolute Gasteiger partial charge is 0.255 e. The van der Waals surface area contributed by atoms with Gasteiger partial charge in [0.05, 0.1) is 5.56 Å². The summed E-state index contributed by atoms with van der Waals surface area (Å²) >= 11 is 0. The Hall–Kier alpha value is -3.40. The van der Waals surface area contributed by atoms with E-state index in [0.717, 1.165) is 0 Å². The van der Waals surface area contributed by atoms with E-state index >= 15 is 0 Å². The zero-order valence-corrected chi connectivity index (χ0v) is 15.5. The van der Waals surface area contributed by atoms with Crippen LogP contribution in [0, 0.1) is 0 Å². The second-order valence-electron chi connectivity index (χ2n) is 6.37. The van der Waals surface area contributed by atoms with Crippen LogP contribution in [0.2, 0.25) is 0 Å². The molecule has 0 spiro atoms. The molecule has 1 aromatic heterocycles. The van der Waals surface area contributed by atoms with Crippen molar-refractivity contribution in [2.45, 2.75) is 12.5 Å². The molecule has 0 aliphatic carbocycles. The standard InChI is InChI=1S/C18H21N5O5/c1-22-7-6-15(21-22)23-8-5-13(18(23)27)20-17(26)12-9-11(3-4-14(12)24)19-16(25)10-28-2/h3-4,6-7,9,13,24H,5,8,10H2,1-2H3,(H,19,25)(H,20,26). The highest BCUT2D eigenvalue weighted by molar-refractivity contribution is 6.05. The maximum Gasteiger partial charge on any atom is 0.255 e. The molecule has 148 valence electrons. The molecule has 3 N–H and O–H groups in total. The summed E-state index contributed by atoms with van der Waals surface area (Å²) in [6, 6.07) is 5.10. The molecule has 1 fully saturated rings. The first-order valence-electron chi connectivity index (χ1n) is 8.62. The van der Waals surface area contributed by atoms with Crippen LogP contribution in [-0.4, -0.2) is 58.9 Å². The summed E-state index contributed by atoms with van der Waals surface area (Å²) in [6.45, 7) is 0.294. The fourth-order valence-electron chi connectivity index (χ4n) is 2.95. The number of phenols is 1. The van der Waals surface area contributed by atoms with Gasteiger partial charge in [-0.25, -0.2) is 0 Å². The minimum Gasteiger partial charge on any atom is -0.507 e. The Balaban J connectivity index is 1.69. The van der Waals surface area contributed by atoms with Gasteiger partial charge in [0.1, 0.15) is 18.4 Å². The van der Waals surface area contributed by atoms with Crippen LogP contribution in [0.25, 0.3) is 0 Å². The number of rotatable bonds is 6. The lowest BCUT2D eigenvalue weighted by molar-refractivity contribution is -0.120. The van der Waals surface area contributed by atoms with Gasteiger partial charge in [-0.3, -0.25) is 24.0 Å². The van der Waals surface area contributed by atoms with Crippen molar-refractivity contribution in [2.24, 2.45) is 7.05 Å². The lowest BCUT2D eigenvalue weighted by atomic mass is 10.1. The lowest BCUT2D eigenvalue weighted by Crippen LogP contribution is -2.41. The summed E-state index contributed by atoms with van der Waals surface area (Å²) in [7, 11) is 3.15. The fourth-order valence-corrected chi connectivity index (χ4v) is 2.95. The average molecular weight is 387 g/mol. The minimum absolute atomic E-state index is 0.0423. The minimum atomic E-state index is -0.722. The van der Waals surface area contributed by atoms with Gasteiger partial charge >= 0.3 is 0 Å². The van der Waals surface area contributed by atoms with Crippen molar-refractivity contribution in [1.29, 1.82) is 0 Å². The van der Waals surface area contributed by atoms with E-state index in [4.69, 9.17) is 4.74 Å². The van der Waals surface area contributed by atoms with Gasteiger partial charge in [-0.2, -0.15) is 5.10 Å². The summed E-state index contributed by atoms with van der Waals surface area (Å²) in [5.41, 5.74) is 0.289. The van der Waals surface area contributed by atoms with Crippen LogP contribution in [0.1, 0.15) is 16.8 Å². The monoisotopic (exact) mass is 387 g/mol. The second kappa shape index (κ2) is 8.09. The number of aromatic hydroxyl groups is 1. The Morgan fingerprint density at radius 1 is 1.36 bits per heavy atom. The number of aromatic nitrogens is 2. The highest BCUT2D eigenvalue weighted by Gasteiger charge is 2.35. The third kappa shape index (κ3) is 4.12. The summed E-state index contributed by atoms with van der Waals surface area (Å²) in [5, 5.41) is 19.4. The molecule has 0 saturated carbocycles. The molecule has 10 nitrogen and oxygen atoms in total. The van der Waals surface area contributed by atoms with Crippen LogP contribution in [0.5, 0.6) is 5.75 Å². The molecule has 0 bridgehead atoms. The molecule has 0 radical (unpaired) electrons. The third-order valence-corrected chi connectivity index (χ3v) is 4.29. The number of hydrogen-bond acceptors (Lipinski definition) is 6. The molecule has 2 aromatic rings. The molecular formula is C18H21N5O5. The highest BCUT2D eigenvalue weighted by atomic mass is 16.5. The van der Waals surface area contributed by atoms with Crippen molar-refractivity contribution in [2.75, 3.05) is 30.5 Å². The lowest BCUT2D eigenvalue weighted by Gasteiger charge is -2.15. The number of amides is 3. The van der Waals surface area contributed by atoms with Crippen LogP contribution < -0.4 is 15.5 Å². The third-order valence-electron chi connectivity index (χ3n) is 4.29. The molecule has 3 amide bonds. The van der Waals surface area contributed by atoms with E-state index in [9.17, 15) is 19.5 Å². The molecule has 2 heterocycles. The fraction of sp³-hybridized carbons (Fsp3) is 0.333. The van der Waals surface area contributed by atoms with E-state index < -0.39 is 17.9 Å². The van der Waals surface area contributed by atoms with Crippen LogP contribution in [0.3, 0.4) is 0 Å². The van der Waals surface area contributed by atoms with Gasteiger partial charge in [0.25, 0.3) is 11.8 Å².